The Morgan fingerprint density at radius 3 is 3.06 bits per heavy atom. The third kappa shape index (κ3) is 2.59. The van der Waals surface area contributed by atoms with Crippen LogP contribution in [0.2, 0.25) is 0 Å². The predicted octanol–water partition coefficient (Wildman–Crippen LogP) is 1.79. The maximum atomic E-state index is 13.5. The molecule has 3 N–H and O–H groups in total. The van der Waals surface area contributed by atoms with E-state index >= 15 is 0 Å². The molecule has 0 aliphatic carbocycles. The normalized spacial score (nSPS) is 10.2. The van der Waals surface area contributed by atoms with Crippen LogP contribution in [-0.2, 0) is 6.54 Å². The molecule has 0 spiro atoms. The van der Waals surface area contributed by atoms with Gasteiger partial charge in [-0.1, -0.05) is 6.07 Å². The number of amides is 1. The molecule has 17 heavy (non-hydrogen) atoms. The largest absolute Gasteiger partial charge is 0.381 e. The molecular weight excluding hydrogens is 241 g/mol. The number of rotatable bonds is 3. The van der Waals surface area contributed by atoms with Gasteiger partial charge in [-0.15, -0.1) is 11.3 Å². The first-order chi connectivity index (χ1) is 8.18. The van der Waals surface area contributed by atoms with Crippen LogP contribution in [0.3, 0.4) is 0 Å². The minimum absolute atomic E-state index is 0.0888. The lowest BCUT2D eigenvalue weighted by Crippen LogP contribution is -2.24. The SMILES string of the molecule is Nc1nccc(C(=O)NCc2cccs2)c1F. The number of hydrogen-bond acceptors (Lipinski definition) is 4. The van der Waals surface area contributed by atoms with Crippen LogP contribution >= 0.6 is 11.3 Å². The van der Waals surface area contributed by atoms with E-state index in [1.54, 1.807) is 0 Å². The Morgan fingerprint density at radius 1 is 1.53 bits per heavy atom. The highest BCUT2D eigenvalue weighted by atomic mass is 32.1. The predicted molar refractivity (Wildman–Crippen MR) is 64.1 cm³/mol. The van der Waals surface area contributed by atoms with Gasteiger partial charge in [0.15, 0.2) is 11.6 Å². The highest BCUT2D eigenvalue weighted by Gasteiger charge is 2.14. The van der Waals surface area contributed by atoms with E-state index < -0.39 is 11.7 Å². The third-order valence-electron chi connectivity index (χ3n) is 2.16. The van der Waals surface area contributed by atoms with Gasteiger partial charge in [-0.05, 0) is 17.5 Å². The molecule has 0 aliphatic heterocycles. The molecule has 0 atom stereocenters. The van der Waals surface area contributed by atoms with Gasteiger partial charge in [-0.3, -0.25) is 4.79 Å². The summed E-state index contributed by atoms with van der Waals surface area (Å²) in [4.78, 5) is 16.2. The molecule has 6 heteroatoms. The van der Waals surface area contributed by atoms with Gasteiger partial charge < -0.3 is 11.1 Å². The van der Waals surface area contributed by atoms with Gasteiger partial charge in [0.2, 0.25) is 0 Å². The van der Waals surface area contributed by atoms with Crippen LogP contribution in [-0.4, -0.2) is 10.9 Å². The van der Waals surface area contributed by atoms with E-state index in [1.807, 2.05) is 17.5 Å². The van der Waals surface area contributed by atoms with Crippen molar-refractivity contribution in [1.29, 1.82) is 0 Å². The molecular formula is C11H10FN3OS. The monoisotopic (exact) mass is 251 g/mol. The Balaban J connectivity index is 2.07. The number of thiophene rings is 1. The van der Waals surface area contributed by atoms with Crippen molar-refractivity contribution in [3.05, 3.63) is 46.0 Å². The summed E-state index contributed by atoms with van der Waals surface area (Å²) in [6.45, 7) is 0.373. The first kappa shape index (κ1) is 11.5. The summed E-state index contributed by atoms with van der Waals surface area (Å²) >= 11 is 1.52. The number of carbonyl (C=O) groups excluding carboxylic acids is 1. The maximum absolute atomic E-state index is 13.5. The van der Waals surface area contributed by atoms with E-state index in [2.05, 4.69) is 10.3 Å². The van der Waals surface area contributed by atoms with Crippen molar-refractivity contribution in [2.75, 3.05) is 5.73 Å². The fourth-order valence-corrected chi connectivity index (χ4v) is 1.96. The standard InChI is InChI=1S/C11H10FN3OS/c12-9-8(3-4-14-10(9)13)11(16)15-6-7-2-1-5-17-7/h1-5H,6H2,(H2,13,14)(H,15,16). The first-order valence-corrected chi connectivity index (χ1v) is 5.77. The molecule has 88 valence electrons. The van der Waals surface area contributed by atoms with E-state index in [1.165, 1.54) is 23.6 Å². The van der Waals surface area contributed by atoms with Crippen LogP contribution in [0.15, 0.2) is 29.8 Å². The minimum atomic E-state index is -0.781. The molecule has 0 unspecified atom stereocenters. The number of aromatic nitrogens is 1. The molecule has 0 saturated heterocycles. The average Bonchev–Trinajstić information content (AvgIpc) is 2.82. The van der Waals surface area contributed by atoms with Gasteiger partial charge in [0, 0.05) is 11.1 Å². The second-order valence-electron chi connectivity index (χ2n) is 3.32. The summed E-state index contributed by atoms with van der Waals surface area (Å²) in [7, 11) is 0. The molecule has 2 aromatic rings. The molecule has 0 aromatic carbocycles. The summed E-state index contributed by atoms with van der Waals surface area (Å²) < 4.78 is 13.5. The molecule has 4 nitrogen and oxygen atoms in total. The van der Waals surface area contributed by atoms with Gasteiger partial charge in [-0.25, -0.2) is 9.37 Å². The number of nitrogens with two attached hydrogens (primary N) is 1. The number of nitrogen functional groups attached to an aromatic ring is 1. The fourth-order valence-electron chi connectivity index (χ4n) is 1.31. The summed E-state index contributed by atoms with van der Waals surface area (Å²) in [5.74, 6) is -1.55. The topological polar surface area (TPSA) is 68.0 Å². The van der Waals surface area contributed by atoms with Gasteiger partial charge in [0.1, 0.15) is 0 Å². The number of anilines is 1. The van der Waals surface area contributed by atoms with Crippen LogP contribution in [0.4, 0.5) is 10.2 Å². The van der Waals surface area contributed by atoms with Gasteiger partial charge in [0.25, 0.3) is 5.91 Å². The number of pyridine rings is 1. The van der Waals surface area contributed by atoms with Crippen LogP contribution in [0, 0.1) is 5.82 Å². The summed E-state index contributed by atoms with van der Waals surface area (Å²) in [5, 5.41) is 4.53. The Morgan fingerprint density at radius 2 is 2.35 bits per heavy atom. The van der Waals surface area contributed by atoms with Crippen LogP contribution < -0.4 is 11.1 Å². The van der Waals surface area contributed by atoms with E-state index in [9.17, 15) is 9.18 Å². The molecule has 2 heterocycles. The van der Waals surface area contributed by atoms with Crippen molar-refractivity contribution < 1.29 is 9.18 Å². The smallest absolute Gasteiger partial charge is 0.254 e. The fraction of sp³-hybridized carbons (Fsp3) is 0.0909. The van der Waals surface area contributed by atoms with E-state index in [0.717, 1.165) is 4.88 Å². The molecule has 0 fully saturated rings. The van der Waals surface area contributed by atoms with Crippen molar-refractivity contribution in [3.8, 4) is 0 Å². The maximum Gasteiger partial charge on any atom is 0.254 e. The Labute approximate surface area is 101 Å². The highest BCUT2D eigenvalue weighted by Crippen LogP contribution is 2.12. The van der Waals surface area contributed by atoms with Gasteiger partial charge in [-0.2, -0.15) is 0 Å². The Bertz CT molecular complexity index is 528. The second-order valence-corrected chi connectivity index (χ2v) is 4.35. The van der Waals surface area contributed by atoms with Crippen LogP contribution in [0.5, 0.6) is 0 Å². The molecule has 0 saturated carbocycles. The van der Waals surface area contributed by atoms with Crippen LogP contribution in [0.25, 0.3) is 0 Å². The Hall–Kier alpha value is -1.95. The number of carbonyl (C=O) groups is 1. The van der Waals surface area contributed by atoms with Crippen molar-refractivity contribution in [1.82, 2.24) is 10.3 Å². The second kappa shape index (κ2) is 4.92. The van der Waals surface area contributed by atoms with Gasteiger partial charge >= 0.3 is 0 Å². The lowest BCUT2D eigenvalue weighted by molar-refractivity contribution is 0.0947. The van der Waals surface area contributed by atoms with Crippen molar-refractivity contribution in [2.24, 2.45) is 0 Å². The summed E-state index contributed by atoms with van der Waals surface area (Å²) in [5.41, 5.74) is 5.20. The zero-order valence-electron chi connectivity index (χ0n) is 8.81. The summed E-state index contributed by atoms with van der Waals surface area (Å²) in [6, 6.07) is 5.08. The number of halogens is 1. The van der Waals surface area contributed by atoms with E-state index in [-0.39, 0.29) is 11.4 Å². The molecule has 0 bridgehead atoms. The molecule has 2 aromatic heterocycles. The van der Waals surface area contributed by atoms with E-state index in [4.69, 9.17) is 5.73 Å². The Kier molecular flexibility index (Phi) is 3.34. The van der Waals surface area contributed by atoms with Crippen LogP contribution in [0.1, 0.15) is 15.2 Å². The zero-order chi connectivity index (χ0) is 12.3. The highest BCUT2D eigenvalue weighted by molar-refractivity contribution is 7.09. The third-order valence-corrected chi connectivity index (χ3v) is 3.04. The van der Waals surface area contributed by atoms with Crippen molar-refractivity contribution in [2.45, 2.75) is 6.54 Å². The molecule has 0 aliphatic rings. The van der Waals surface area contributed by atoms with Gasteiger partial charge in [0.05, 0.1) is 12.1 Å². The minimum Gasteiger partial charge on any atom is -0.381 e. The molecule has 1 amide bonds. The number of nitrogens with zero attached hydrogens (tertiary/aromatic N) is 1. The first-order valence-electron chi connectivity index (χ1n) is 4.89. The summed E-state index contributed by atoms with van der Waals surface area (Å²) in [6.07, 6.45) is 1.30. The van der Waals surface area contributed by atoms with E-state index in [0.29, 0.717) is 6.54 Å². The lowest BCUT2D eigenvalue weighted by atomic mass is 10.2. The quantitative estimate of drug-likeness (QED) is 0.874. The van der Waals surface area contributed by atoms with Crippen molar-refractivity contribution in [3.63, 3.8) is 0 Å². The lowest BCUT2D eigenvalue weighted by Gasteiger charge is -2.05. The number of hydrogen-bond donors (Lipinski definition) is 2. The molecule has 0 radical (unpaired) electrons. The van der Waals surface area contributed by atoms with Crippen molar-refractivity contribution >= 4 is 23.1 Å². The number of nitrogens with one attached hydrogen (secondary N) is 1. The average molecular weight is 251 g/mol. The molecule has 2 rings (SSSR count). The zero-order valence-corrected chi connectivity index (χ0v) is 9.63.